The molecule has 1 aromatic heterocycles. The molecule has 1 atom stereocenters. The fourth-order valence-corrected chi connectivity index (χ4v) is 3.24. The van der Waals surface area contributed by atoms with Crippen LogP contribution in [0.2, 0.25) is 0 Å². The smallest absolute Gasteiger partial charge is 0.225 e. The highest BCUT2D eigenvalue weighted by Gasteiger charge is 2.36. The summed E-state index contributed by atoms with van der Waals surface area (Å²) in [5.74, 6) is 2.22. The van der Waals surface area contributed by atoms with Gasteiger partial charge in [0, 0.05) is 38.4 Å². The average Bonchev–Trinajstić information content (AvgIpc) is 3.38. The maximum atomic E-state index is 12.6. The number of hydrogen-bond donors (Lipinski definition) is 0. The van der Waals surface area contributed by atoms with E-state index in [9.17, 15) is 4.79 Å². The fraction of sp³-hybridized carbons (Fsp3) is 0.722. The molecule has 2 aliphatic rings. The summed E-state index contributed by atoms with van der Waals surface area (Å²) in [5, 5.41) is 0. The van der Waals surface area contributed by atoms with Crippen molar-refractivity contribution in [2.24, 2.45) is 11.8 Å². The molecule has 2 heterocycles. The van der Waals surface area contributed by atoms with E-state index in [1.165, 1.54) is 12.8 Å². The maximum absolute atomic E-state index is 12.6. The van der Waals surface area contributed by atoms with Crippen LogP contribution in [0.25, 0.3) is 0 Å². The Morgan fingerprint density at radius 3 is 2.52 bits per heavy atom. The minimum Gasteiger partial charge on any atom is -0.338 e. The summed E-state index contributed by atoms with van der Waals surface area (Å²) in [6, 6.07) is 0.250. The van der Waals surface area contributed by atoms with Crippen molar-refractivity contribution in [2.45, 2.75) is 52.5 Å². The van der Waals surface area contributed by atoms with E-state index in [-0.39, 0.29) is 6.04 Å². The first-order valence-corrected chi connectivity index (χ1v) is 8.93. The van der Waals surface area contributed by atoms with Crippen molar-refractivity contribution in [1.82, 2.24) is 14.9 Å². The van der Waals surface area contributed by atoms with Gasteiger partial charge in [-0.05, 0) is 36.7 Å². The van der Waals surface area contributed by atoms with E-state index < -0.39 is 0 Å². The van der Waals surface area contributed by atoms with Crippen molar-refractivity contribution in [3.63, 3.8) is 0 Å². The second kappa shape index (κ2) is 6.85. The summed E-state index contributed by atoms with van der Waals surface area (Å²) in [4.78, 5) is 26.0. The van der Waals surface area contributed by atoms with Gasteiger partial charge in [0.25, 0.3) is 0 Å². The highest BCUT2D eigenvalue weighted by molar-refractivity contribution is 5.78. The van der Waals surface area contributed by atoms with E-state index in [4.69, 9.17) is 0 Å². The van der Waals surface area contributed by atoms with Crippen molar-refractivity contribution >= 4 is 11.9 Å². The second-order valence-corrected chi connectivity index (χ2v) is 7.24. The molecule has 0 aromatic carbocycles. The molecule has 5 nitrogen and oxygen atoms in total. The topological polar surface area (TPSA) is 49.3 Å². The molecule has 2 fully saturated rings. The number of carbonyl (C=O) groups excluding carboxylic acids is 1. The van der Waals surface area contributed by atoms with Gasteiger partial charge in [-0.15, -0.1) is 0 Å². The van der Waals surface area contributed by atoms with Crippen molar-refractivity contribution in [3.8, 4) is 0 Å². The lowest BCUT2D eigenvalue weighted by Crippen LogP contribution is -2.47. The molecule has 126 valence electrons. The van der Waals surface area contributed by atoms with Crippen LogP contribution in [0.3, 0.4) is 0 Å². The third-order valence-electron chi connectivity index (χ3n) is 5.03. The molecule has 5 heteroatoms. The molecule has 0 N–H and O–H groups in total. The monoisotopic (exact) mass is 316 g/mol. The van der Waals surface area contributed by atoms with Crippen molar-refractivity contribution in [1.29, 1.82) is 0 Å². The fourth-order valence-electron chi connectivity index (χ4n) is 3.24. The van der Waals surface area contributed by atoms with E-state index in [0.29, 0.717) is 24.8 Å². The van der Waals surface area contributed by atoms with E-state index >= 15 is 0 Å². The lowest BCUT2D eigenvalue weighted by atomic mass is 10.0. The molecule has 23 heavy (non-hydrogen) atoms. The predicted molar refractivity (Wildman–Crippen MR) is 91.3 cm³/mol. The average molecular weight is 316 g/mol. The Balaban J connectivity index is 1.78. The van der Waals surface area contributed by atoms with E-state index in [2.05, 4.69) is 40.5 Å². The summed E-state index contributed by atoms with van der Waals surface area (Å²) < 4.78 is 0. The third kappa shape index (κ3) is 3.82. The van der Waals surface area contributed by atoms with Gasteiger partial charge in [0.2, 0.25) is 11.9 Å². The molecular formula is C18H28N4O. The maximum Gasteiger partial charge on any atom is 0.225 e. The number of aryl methyl sites for hydroxylation is 1. The molecule has 1 aliphatic carbocycles. The van der Waals surface area contributed by atoms with Crippen LogP contribution in [-0.4, -0.2) is 46.5 Å². The van der Waals surface area contributed by atoms with Gasteiger partial charge in [-0.3, -0.25) is 4.79 Å². The quantitative estimate of drug-likeness (QED) is 0.837. The van der Waals surface area contributed by atoms with Gasteiger partial charge >= 0.3 is 0 Å². The first-order valence-electron chi connectivity index (χ1n) is 8.93. The van der Waals surface area contributed by atoms with E-state index in [1.54, 1.807) is 0 Å². The van der Waals surface area contributed by atoms with Crippen LogP contribution in [0.1, 0.15) is 45.6 Å². The number of hydrogen-bond acceptors (Lipinski definition) is 4. The third-order valence-corrected chi connectivity index (χ3v) is 5.03. The number of carbonyl (C=O) groups is 1. The summed E-state index contributed by atoms with van der Waals surface area (Å²) in [7, 11) is 0. The lowest BCUT2D eigenvalue weighted by Gasteiger charge is -2.34. The second-order valence-electron chi connectivity index (χ2n) is 7.24. The zero-order chi connectivity index (χ0) is 16.4. The molecular weight excluding hydrogens is 288 g/mol. The number of amides is 1. The van der Waals surface area contributed by atoms with E-state index in [0.717, 1.165) is 36.9 Å². The zero-order valence-electron chi connectivity index (χ0n) is 14.5. The molecule has 1 aromatic rings. The van der Waals surface area contributed by atoms with Gasteiger partial charge in [0.05, 0.1) is 6.04 Å². The zero-order valence-corrected chi connectivity index (χ0v) is 14.5. The van der Waals surface area contributed by atoms with Gasteiger partial charge in [0.15, 0.2) is 0 Å². The minimum atomic E-state index is 0.250. The molecule has 0 bridgehead atoms. The molecule has 0 radical (unpaired) electrons. The molecule has 3 rings (SSSR count). The first-order chi connectivity index (χ1) is 11.1. The van der Waals surface area contributed by atoms with Crippen LogP contribution < -0.4 is 4.90 Å². The summed E-state index contributed by atoms with van der Waals surface area (Å²) in [5.41, 5.74) is 1.15. The van der Waals surface area contributed by atoms with Crippen LogP contribution in [0, 0.1) is 11.8 Å². The molecule has 1 amide bonds. The lowest BCUT2D eigenvalue weighted by molar-refractivity contribution is -0.133. The first kappa shape index (κ1) is 16.2. The number of anilines is 1. The Bertz CT molecular complexity index is 538. The minimum absolute atomic E-state index is 0.250. The molecule has 1 saturated carbocycles. The van der Waals surface area contributed by atoms with Crippen molar-refractivity contribution in [2.75, 3.05) is 24.5 Å². The van der Waals surface area contributed by atoms with Crippen molar-refractivity contribution < 1.29 is 4.79 Å². The standard InChI is InChI=1S/C18H28N4O/c1-4-14-9-19-18(20-10-14)21-8-7-17(23)22(11-15-5-6-15)16(12-21)13(2)3/h9-10,13,15-16H,4-8,11-12H2,1-3H3/t16-/m0/s1. The highest BCUT2D eigenvalue weighted by atomic mass is 16.2. The Labute approximate surface area is 139 Å². The Kier molecular flexibility index (Phi) is 4.83. The predicted octanol–water partition coefficient (Wildman–Crippen LogP) is 2.51. The van der Waals surface area contributed by atoms with Gasteiger partial charge in [0.1, 0.15) is 0 Å². The Morgan fingerprint density at radius 2 is 1.96 bits per heavy atom. The van der Waals surface area contributed by atoms with Crippen molar-refractivity contribution in [3.05, 3.63) is 18.0 Å². The van der Waals surface area contributed by atoms with Crippen LogP contribution in [0.15, 0.2) is 12.4 Å². The summed E-state index contributed by atoms with van der Waals surface area (Å²) >= 11 is 0. The highest BCUT2D eigenvalue weighted by Crippen LogP contribution is 2.32. The molecule has 1 aliphatic heterocycles. The van der Waals surface area contributed by atoms with E-state index in [1.807, 2.05) is 12.4 Å². The van der Waals surface area contributed by atoms with Crippen LogP contribution in [0.5, 0.6) is 0 Å². The van der Waals surface area contributed by atoms with Crippen LogP contribution in [0.4, 0.5) is 5.95 Å². The number of aromatic nitrogens is 2. The van der Waals surface area contributed by atoms with Gasteiger partial charge in [-0.25, -0.2) is 9.97 Å². The molecule has 1 saturated heterocycles. The van der Waals surface area contributed by atoms with Gasteiger partial charge in [-0.2, -0.15) is 0 Å². The Morgan fingerprint density at radius 1 is 1.26 bits per heavy atom. The number of nitrogens with zero attached hydrogens (tertiary/aromatic N) is 4. The van der Waals surface area contributed by atoms with Crippen LogP contribution >= 0.6 is 0 Å². The molecule has 0 unspecified atom stereocenters. The Hall–Kier alpha value is -1.65. The molecule has 0 spiro atoms. The summed E-state index contributed by atoms with van der Waals surface area (Å²) in [6.07, 6.45) is 7.87. The van der Waals surface area contributed by atoms with Crippen LogP contribution in [-0.2, 0) is 11.2 Å². The summed E-state index contributed by atoms with van der Waals surface area (Å²) in [6.45, 7) is 9.01. The van der Waals surface area contributed by atoms with Gasteiger partial charge < -0.3 is 9.80 Å². The number of rotatable bonds is 5. The van der Waals surface area contributed by atoms with Gasteiger partial charge in [-0.1, -0.05) is 20.8 Å². The normalized spacial score (nSPS) is 22.6. The largest absolute Gasteiger partial charge is 0.338 e. The SMILES string of the molecule is CCc1cnc(N2CCC(=O)N(CC3CC3)[C@H](C(C)C)C2)nc1.